The third-order valence-electron chi connectivity index (χ3n) is 3.25. The molecule has 0 unspecified atom stereocenters. The van der Waals surface area contributed by atoms with Crippen molar-refractivity contribution in [2.45, 2.75) is 13.8 Å². The molecular weight excluding hydrogens is 322 g/mol. The van der Waals surface area contributed by atoms with Crippen LogP contribution in [0.1, 0.15) is 18.1 Å². The highest BCUT2D eigenvalue weighted by Crippen LogP contribution is 2.14. The zero-order valence-corrected chi connectivity index (χ0v) is 14.2. The van der Waals surface area contributed by atoms with E-state index in [9.17, 15) is 9.90 Å². The minimum Gasteiger partial charge on any atom is -0.512 e. The number of nitrogens with one attached hydrogen (secondary N) is 1. The smallest absolute Gasteiger partial charge is 0.260 e. The van der Waals surface area contributed by atoms with Crippen molar-refractivity contribution in [3.8, 4) is 0 Å². The third kappa shape index (κ3) is 4.57. The van der Waals surface area contributed by atoms with Gasteiger partial charge < -0.3 is 10.4 Å². The first kappa shape index (κ1) is 17.5. The minimum atomic E-state index is -0.456. The van der Waals surface area contributed by atoms with Crippen LogP contribution in [0.5, 0.6) is 0 Å². The Morgan fingerprint density at radius 3 is 2.67 bits per heavy atom. The van der Waals surface area contributed by atoms with E-state index in [1.807, 2.05) is 25.1 Å². The van der Waals surface area contributed by atoms with Gasteiger partial charge in [0.25, 0.3) is 5.91 Å². The second-order valence-electron chi connectivity index (χ2n) is 5.07. The summed E-state index contributed by atoms with van der Waals surface area (Å²) in [5.41, 5.74) is 2.30. The van der Waals surface area contributed by atoms with Crippen LogP contribution >= 0.6 is 12.2 Å². The number of aliphatic hydroxyl groups excluding tert-OH is 1. The summed E-state index contributed by atoms with van der Waals surface area (Å²) in [5.74, 6) is -0.596. The Kier molecular flexibility index (Phi) is 5.92. The first-order valence-electron chi connectivity index (χ1n) is 7.24. The van der Waals surface area contributed by atoms with Gasteiger partial charge in [0.05, 0.1) is 5.57 Å². The summed E-state index contributed by atoms with van der Waals surface area (Å²) in [6.07, 6.45) is 4.48. The number of aliphatic imine (C=N–C) groups is 1. The van der Waals surface area contributed by atoms with Gasteiger partial charge in [0.15, 0.2) is 0 Å². The van der Waals surface area contributed by atoms with Gasteiger partial charge in [0.2, 0.25) is 0 Å². The Morgan fingerprint density at radius 2 is 2.04 bits per heavy atom. The van der Waals surface area contributed by atoms with E-state index in [0.717, 1.165) is 5.56 Å². The number of allylic oxidation sites excluding steroid dienone is 1. The van der Waals surface area contributed by atoms with E-state index in [-0.39, 0.29) is 16.3 Å². The molecule has 5 nitrogen and oxygen atoms in total. The Bertz CT molecular complexity index is 810. The van der Waals surface area contributed by atoms with Crippen LogP contribution < -0.4 is 5.32 Å². The number of rotatable bonds is 4. The molecule has 0 saturated carbocycles. The number of carbonyl (C=O) groups is 1. The van der Waals surface area contributed by atoms with Gasteiger partial charge in [-0.05, 0) is 37.6 Å². The highest BCUT2D eigenvalue weighted by atomic mass is 32.1. The van der Waals surface area contributed by atoms with Gasteiger partial charge in [0, 0.05) is 29.9 Å². The second kappa shape index (κ2) is 8.12. The highest BCUT2D eigenvalue weighted by molar-refractivity contribution is 7.80. The van der Waals surface area contributed by atoms with E-state index >= 15 is 0 Å². The van der Waals surface area contributed by atoms with Crippen LogP contribution in [0.2, 0.25) is 0 Å². The minimum absolute atomic E-state index is 0.0458. The van der Waals surface area contributed by atoms with E-state index in [1.165, 1.54) is 13.1 Å². The van der Waals surface area contributed by atoms with Crippen molar-refractivity contribution in [2.24, 2.45) is 4.99 Å². The quantitative estimate of drug-likeness (QED) is 0.386. The molecule has 1 aromatic heterocycles. The van der Waals surface area contributed by atoms with E-state index in [4.69, 9.17) is 12.2 Å². The lowest BCUT2D eigenvalue weighted by Gasteiger charge is -2.09. The number of hydrogen-bond donors (Lipinski definition) is 2. The zero-order chi connectivity index (χ0) is 17.5. The van der Waals surface area contributed by atoms with E-state index in [1.54, 1.807) is 30.6 Å². The fraction of sp³-hybridized carbons (Fsp3) is 0.111. The number of para-hydroxylation sites is 1. The van der Waals surface area contributed by atoms with Gasteiger partial charge in [-0.1, -0.05) is 30.4 Å². The first-order chi connectivity index (χ1) is 11.5. The summed E-state index contributed by atoms with van der Waals surface area (Å²) in [7, 11) is 0. The summed E-state index contributed by atoms with van der Waals surface area (Å²) in [6.45, 7) is 3.31. The van der Waals surface area contributed by atoms with Crippen LogP contribution in [0, 0.1) is 6.92 Å². The van der Waals surface area contributed by atoms with E-state index in [0.29, 0.717) is 11.3 Å². The van der Waals surface area contributed by atoms with Gasteiger partial charge in [-0.3, -0.25) is 9.78 Å². The summed E-state index contributed by atoms with van der Waals surface area (Å²) < 4.78 is 0. The molecule has 1 aromatic carbocycles. The number of aromatic nitrogens is 1. The predicted octanol–water partition coefficient (Wildman–Crippen LogP) is 3.61. The number of pyridine rings is 1. The maximum absolute atomic E-state index is 12.4. The number of aryl methyl sites for hydroxylation is 1. The molecule has 2 aromatic rings. The fourth-order valence-electron chi connectivity index (χ4n) is 1.91. The molecule has 24 heavy (non-hydrogen) atoms. The predicted molar refractivity (Wildman–Crippen MR) is 99.6 cm³/mol. The fourth-order valence-corrected chi connectivity index (χ4v) is 2.08. The van der Waals surface area contributed by atoms with Crippen LogP contribution in [0.3, 0.4) is 0 Å². The Morgan fingerprint density at radius 1 is 1.29 bits per heavy atom. The van der Waals surface area contributed by atoms with Crippen molar-refractivity contribution in [1.29, 1.82) is 0 Å². The Balaban J connectivity index is 2.17. The first-order valence-corrected chi connectivity index (χ1v) is 7.65. The molecule has 0 aliphatic carbocycles. The number of carbonyl (C=O) groups excluding carboxylic acids is 1. The molecule has 122 valence electrons. The zero-order valence-electron chi connectivity index (χ0n) is 13.4. The largest absolute Gasteiger partial charge is 0.512 e. The molecule has 0 atom stereocenters. The summed E-state index contributed by atoms with van der Waals surface area (Å²) >= 11 is 5.19. The van der Waals surface area contributed by atoms with Crippen LogP contribution in [0.4, 0.5) is 5.69 Å². The van der Waals surface area contributed by atoms with Crippen LogP contribution in [-0.4, -0.2) is 27.2 Å². The third-order valence-corrected chi connectivity index (χ3v) is 3.59. The monoisotopic (exact) mass is 339 g/mol. The summed E-state index contributed by atoms with van der Waals surface area (Å²) in [6, 6.07) is 10.9. The molecule has 0 radical (unpaired) electrons. The van der Waals surface area contributed by atoms with Gasteiger partial charge in [-0.25, -0.2) is 4.99 Å². The topological polar surface area (TPSA) is 74.6 Å². The SMILES string of the molecule is C/C(O)=C(\C=NC(=S)c1cccnc1)C(=O)Nc1ccccc1C. The van der Waals surface area contributed by atoms with E-state index < -0.39 is 5.91 Å². The average molecular weight is 339 g/mol. The van der Waals surface area contributed by atoms with Crippen molar-refractivity contribution in [3.05, 3.63) is 71.3 Å². The molecule has 0 aliphatic heterocycles. The lowest BCUT2D eigenvalue weighted by Crippen LogP contribution is -2.18. The summed E-state index contributed by atoms with van der Waals surface area (Å²) in [5, 5.41) is 12.5. The molecule has 1 heterocycles. The number of amides is 1. The molecule has 6 heteroatoms. The number of hydrogen-bond acceptors (Lipinski definition) is 4. The lowest BCUT2D eigenvalue weighted by atomic mass is 10.1. The van der Waals surface area contributed by atoms with Crippen molar-refractivity contribution >= 4 is 35.0 Å². The Labute approximate surface area is 145 Å². The maximum atomic E-state index is 12.4. The molecule has 0 fully saturated rings. The normalized spacial score (nSPS) is 11.9. The summed E-state index contributed by atoms with van der Waals surface area (Å²) in [4.78, 5) is 20.7. The lowest BCUT2D eigenvalue weighted by molar-refractivity contribution is -0.112. The van der Waals surface area contributed by atoms with Crippen LogP contribution in [0.25, 0.3) is 0 Å². The number of thiocarbonyl (C=S) groups is 1. The number of nitrogens with zero attached hydrogens (tertiary/aromatic N) is 2. The molecule has 2 N–H and O–H groups in total. The van der Waals surface area contributed by atoms with Crippen molar-refractivity contribution in [1.82, 2.24) is 4.98 Å². The molecule has 1 amide bonds. The van der Waals surface area contributed by atoms with Crippen LogP contribution in [0.15, 0.2) is 65.1 Å². The number of benzene rings is 1. The van der Waals surface area contributed by atoms with Crippen molar-refractivity contribution in [2.75, 3.05) is 5.32 Å². The molecule has 0 bridgehead atoms. The molecule has 0 spiro atoms. The van der Waals surface area contributed by atoms with Crippen molar-refractivity contribution < 1.29 is 9.90 Å². The molecule has 2 rings (SSSR count). The molecule has 0 saturated heterocycles. The number of aliphatic hydroxyl groups is 1. The standard InChI is InChI=1S/C18H17N3O2S/c1-12-6-3-4-8-16(12)21-17(23)15(13(2)22)11-20-18(24)14-7-5-9-19-10-14/h3-11,22H,1-2H3,(H,21,23)/b15-13-,20-11?. The van der Waals surface area contributed by atoms with Crippen LogP contribution in [-0.2, 0) is 4.79 Å². The van der Waals surface area contributed by atoms with Gasteiger partial charge in [0.1, 0.15) is 10.7 Å². The molecule has 0 aliphatic rings. The maximum Gasteiger partial charge on any atom is 0.260 e. The van der Waals surface area contributed by atoms with Gasteiger partial charge in [-0.2, -0.15) is 0 Å². The number of anilines is 1. The average Bonchev–Trinajstić information content (AvgIpc) is 2.57. The van der Waals surface area contributed by atoms with Crippen molar-refractivity contribution in [3.63, 3.8) is 0 Å². The van der Waals surface area contributed by atoms with Gasteiger partial charge in [-0.15, -0.1) is 0 Å². The molecular formula is C18H17N3O2S. The van der Waals surface area contributed by atoms with Gasteiger partial charge >= 0.3 is 0 Å². The highest BCUT2D eigenvalue weighted by Gasteiger charge is 2.12. The van der Waals surface area contributed by atoms with E-state index in [2.05, 4.69) is 15.3 Å². The Hall–Kier alpha value is -2.86. The second-order valence-corrected chi connectivity index (χ2v) is 5.46.